The summed E-state index contributed by atoms with van der Waals surface area (Å²) in [6.45, 7) is 1.70. The molecule has 1 aromatic rings. The fraction of sp³-hybridized carbons (Fsp3) is 0.500. The lowest BCUT2D eigenvalue weighted by Gasteiger charge is -2.28. The van der Waals surface area contributed by atoms with E-state index in [-0.39, 0.29) is 11.7 Å². The van der Waals surface area contributed by atoms with Crippen molar-refractivity contribution in [1.29, 1.82) is 0 Å². The molecule has 0 aliphatic carbocycles. The second-order valence-electron chi connectivity index (χ2n) is 4.99. The normalized spacial score (nSPS) is 19.2. The van der Waals surface area contributed by atoms with Crippen molar-refractivity contribution in [3.63, 3.8) is 0 Å². The number of amides is 1. The summed E-state index contributed by atoms with van der Waals surface area (Å²) in [5, 5.41) is 13.2. The Morgan fingerprint density at radius 2 is 2.32 bits per heavy atom. The molecule has 2 N–H and O–H groups in total. The lowest BCUT2D eigenvalue weighted by atomic mass is 10.0. The number of hydrogen-bond donors (Lipinski definition) is 2. The van der Waals surface area contributed by atoms with E-state index >= 15 is 0 Å². The molecular formula is C14H19BrN2O2. The van der Waals surface area contributed by atoms with Crippen LogP contribution >= 0.6 is 15.9 Å². The zero-order valence-corrected chi connectivity index (χ0v) is 12.6. The molecule has 5 heteroatoms. The monoisotopic (exact) mass is 326 g/mol. The standard InChI is InChI=1S/C14H19BrN2O2/c1-17(9-11-4-2-3-7-16-11)14(19)12-6-5-10(15)8-13(12)18/h5-6,8,11,16,18H,2-4,7,9H2,1H3. The van der Waals surface area contributed by atoms with Crippen molar-refractivity contribution in [2.24, 2.45) is 0 Å². The minimum atomic E-state index is -0.141. The Balaban J connectivity index is 2.01. The number of benzene rings is 1. The number of likely N-dealkylation sites (N-methyl/N-ethyl adjacent to an activating group) is 1. The van der Waals surface area contributed by atoms with Gasteiger partial charge in [0, 0.05) is 24.1 Å². The third kappa shape index (κ3) is 3.70. The lowest BCUT2D eigenvalue weighted by molar-refractivity contribution is 0.0772. The van der Waals surface area contributed by atoms with Crippen LogP contribution in [0.1, 0.15) is 29.6 Å². The van der Waals surface area contributed by atoms with Gasteiger partial charge in [-0.15, -0.1) is 0 Å². The molecule has 104 valence electrons. The van der Waals surface area contributed by atoms with E-state index in [1.54, 1.807) is 30.1 Å². The first-order valence-corrected chi connectivity index (χ1v) is 7.34. The number of carbonyl (C=O) groups is 1. The maximum atomic E-state index is 12.3. The van der Waals surface area contributed by atoms with Crippen LogP contribution in [0.4, 0.5) is 0 Å². The highest BCUT2D eigenvalue weighted by Crippen LogP contribution is 2.23. The van der Waals surface area contributed by atoms with Crippen molar-refractivity contribution in [2.45, 2.75) is 25.3 Å². The number of nitrogens with one attached hydrogen (secondary N) is 1. The Morgan fingerprint density at radius 3 is 2.95 bits per heavy atom. The average molecular weight is 327 g/mol. The van der Waals surface area contributed by atoms with Gasteiger partial charge >= 0.3 is 0 Å². The van der Waals surface area contributed by atoms with Crippen LogP contribution in [0.3, 0.4) is 0 Å². The Labute approximate surface area is 121 Å². The van der Waals surface area contributed by atoms with Crippen molar-refractivity contribution < 1.29 is 9.90 Å². The van der Waals surface area contributed by atoms with E-state index < -0.39 is 0 Å². The van der Waals surface area contributed by atoms with Crippen LogP contribution in [0.15, 0.2) is 22.7 Å². The summed E-state index contributed by atoms with van der Waals surface area (Å²) < 4.78 is 0.762. The Kier molecular flexibility index (Phi) is 4.82. The van der Waals surface area contributed by atoms with Gasteiger partial charge in [0.25, 0.3) is 5.91 Å². The first kappa shape index (κ1) is 14.3. The van der Waals surface area contributed by atoms with Gasteiger partial charge in [-0.05, 0) is 37.6 Å². The minimum Gasteiger partial charge on any atom is -0.507 e. The van der Waals surface area contributed by atoms with Crippen LogP contribution in [0.5, 0.6) is 5.75 Å². The molecule has 1 unspecified atom stereocenters. The second kappa shape index (κ2) is 6.39. The molecule has 1 aliphatic heterocycles. The number of rotatable bonds is 3. The fourth-order valence-electron chi connectivity index (χ4n) is 2.38. The Morgan fingerprint density at radius 1 is 1.53 bits per heavy atom. The van der Waals surface area contributed by atoms with E-state index in [0.717, 1.165) is 17.4 Å². The molecule has 4 nitrogen and oxygen atoms in total. The molecule has 1 aromatic carbocycles. The van der Waals surface area contributed by atoms with E-state index in [1.165, 1.54) is 12.8 Å². The molecule has 1 aliphatic rings. The van der Waals surface area contributed by atoms with Crippen LogP contribution in [0, 0.1) is 0 Å². The number of hydrogen-bond acceptors (Lipinski definition) is 3. The predicted octanol–water partition coefficient (Wildman–Crippen LogP) is 2.37. The van der Waals surface area contributed by atoms with Gasteiger partial charge in [0.15, 0.2) is 0 Å². The second-order valence-corrected chi connectivity index (χ2v) is 5.91. The molecule has 1 heterocycles. The van der Waals surface area contributed by atoms with Gasteiger partial charge < -0.3 is 15.3 Å². The van der Waals surface area contributed by atoms with Crippen molar-refractivity contribution in [3.8, 4) is 5.75 Å². The van der Waals surface area contributed by atoms with E-state index in [4.69, 9.17) is 0 Å². The molecule has 1 amide bonds. The third-order valence-electron chi connectivity index (χ3n) is 3.44. The molecule has 0 saturated carbocycles. The summed E-state index contributed by atoms with van der Waals surface area (Å²) in [5.74, 6) is -0.125. The van der Waals surface area contributed by atoms with Gasteiger partial charge in [0.2, 0.25) is 0 Å². The van der Waals surface area contributed by atoms with E-state index in [0.29, 0.717) is 18.2 Å². The zero-order valence-electron chi connectivity index (χ0n) is 11.0. The number of phenolic OH excluding ortho intramolecular Hbond substituents is 1. The van der Waals surface area contributed by atoms with Gasteiger partial charge in [0.1, 0.15) is 5.75 Å². The van der Waals surface area contributed by atoms with Crippen LogP contribution in [-0.4, -0.2) is 42.1 Å². The topological polar surface area (TPSA) is 52.6 Å². The molecule has 1 atom stereocenters. The predicted molar refractivity (Wildman–Crippen MR) is 78.4 cm³/mol. The molecule has 0 radical (unpaired) electrons. The maximum absolute atomic E-state index is 12.3. The van der Waals surface area contributed by atoms with Crippen LogP contribution < -0.4 is 5.32 Å². The third-order valence-corrected chi connectivity index (χ3v) is 3.94. The van der Waals surface area contributed by atoms with Crippen LogP contribution in [0.25, 0.3) is 0 Å². The number of piperidine rings is 1. The fourth-order valence-corrected chi connectivity index (χ4v) is 2.73. The lowest BCUT2D eigenvalue weighted by Crippen LogP contribution is -2.44. The smallest absolute Gasteiger partial charge is 0.257 e. The number of aromatic hydroxyl groups is 1. The quantitative estimate of drug-likeness (QED) is 0.896. The maximum Gasteiger partial charge on any atom is 0.257 e. The molecular weight excluding hydrogens is 308 g/mol. The SMILES string of the molecule is CN(CC1CCCCN1)C(=O)c1ccc(Br)cc1O. The highest BCUT2D eigenvalue weighted by Gasteiger charge is 2.20. The number of halogens is 1. The Hall–Kier alpha value is -1.07. The summed E-state index contributed by atoms with van der Waals surface area (Å²) in [4.78, 5) is 13.9. The van der Waals surface area contributed by atoms with Crippen LogP contribution in [-0.2, 0) is 0 Å². The van der Waals surface area contributed by atoms with Crippen molar-refractivity contribution in [3.05, 3.63) is 28.2 Å². The summed E-state index contributed by atoms with van der Waals surface area (Å²) >= 11 is 3.27. The van der Waals surface area contributed by atoms with Gasteiger partial charge in [-0.2, -0.15) is 0 Å². The Bertz CT molecular complexity index is 459. The highest BCUT2D eigenvalue weighted by atomic mass is 79.9. The minimum absolute atomic E-state index is 0.0165. The van der Waals surface area contributed by atoms with Crippen molar-refractivity contribution in [2.75, 3.05) is 20.1 Å². The molecule has 0 aromatic heterocycles. The average Bonchev–Trinajstić information content (AvgIpc) is 2.39. The first-order chi connectivity index (χ1) is 9.08. The van der Waals surface area contributed by atoms with Gasteiger partial charge in [0.05, 0.1) is 5.56 Å². The summed E-state index contributed by atoms with van der Waals surface area (Å²) in [5.41, 5.74) is 0.349. The molecule has 0 spiro atoms. The molecule has 1 fully saturated rings. The highest BCUT2D eigenvalue weighted by molar-refractivity contribution is 9.10. The molecule has 19 heavy (non-hydrogen) atoms. The van der Waals surface area contributed by atoms with Crippen LogP contribution in [0.2, 0.25) is 0 Å². The van der Waals surface area contributed by atoms with Crippen molar-refractivity contribution >= 4 is 21.8 Å². The largest absolute Gasteiger partial charge is 0.507 e. The van der Waals surface area contributed by atoms with Gasteiger partial charge in [-0.3, -0.25) is 4.79 Å². The van der Waals surface area contributed by atoms with Crippen molar-refractivity contribution in [1.82, 2.24) is 10.2 Å². The molecule has 0 bridgehead atoms. The van der Waals surface area contributed by atoms with E-state index in [2.05, 4.69) is 21.2 Å². The summed E-state index contributed by atoms with van der Waals surface area (Å²) in [7, 11) is 1.78. The number of carbonyl (C=O) groups excluding carboxylic acids is 1. The van der Waals surface area contributed by atoms with E-state index in [1.807, 2.05) is 0 Å². The number of nitrogens with zero attached hydrogens (tertiary/aromatic N) is 1. The van der Waals surface area contributed by atoms with Gasteiger partial charge in [-0.1, -0.05) is 22.4 Å². The summed E-state index contributed by atoms with van der Waals surface area (Å²) in [6.07, 6.45) is 3.52. The zero-order chi connectivity index (χ0) is 13.8. The number of phenols is 1. The molecule has 2 rings (SSSR count). The van der Waals surface area contributed by atoms with E-state index in [9.17, 15) is 9.90 Å². The first-order valence-electron chi connectivity index (χ1n) is 6.55. The molecule has 1 saturated heterocycles. The van der Waals surface area contributed by atoms with Gasteiger partial charge in [-0.25, -0.2) is 0 Å². The summed E-state index contributed by atoms with van der Waals surface area (Å²) in [6, 6.07) is 5.31.